The smallest absolute Gasteiger partial charge is 0.312 e. The lowest BCUT2D eigenvalue weighted by Gasteiger charge is -2.61. The molecule has 10 bridgehead atoms. The van der Waals surface area contributed by atoms with Crippen LogP contribution >= 0.6 is 0 Å². The van der Waals surface area contributed by atoms with Gasteiger partial charge in [-0.3, -0.25) is 19.2 Å². The summed E-state index contributed by atoms with van der Waals surface area (Å²) < 4.78 is 23.3. The van der Waals surface area contributed by atoms with Crippen molar-refractivity contribution in [1.82, 2.24) is 0 Å². The standard InChI is InChI=1S/C19H32O2.C16H26O3.C15H22O4/c1-6-17(2,3)16(20)21-18(4,5)19-10-13-7-14(11-19)9-15(8-13)12-19;1-4-14(2,3)13(17)19-16-8-11-5-12(9-16)7-15(18,6-11)10-16;1-5-15(3,4)14(17)19-11-8-6-9-10(7(8)2)13(16)18-12(9)11/h13-15H,6-12H2,1-5H3;11-12,18H,4-10H2,1-3H3;7-12H,5-6H2,1-4H3. The Morgan fingerprint density at radius 3 is 1.63 bits per heavy atom. The molecule has 1 heterocycles. The fraction of sp³-hybridized carbons (Fsp3) is 0.920. The van der Waals surface area contributed by atoms with E-state index in [1.54, 1.807) is 0 Å². The Labute approximate surface area is 355 Å². The predicted octanol–water partition coefficient (Wildman–Crippen LogP) is 10.2. The highest BCUT2D eigenvalue weighted by Gasteiger charge is 2.67. The van der Waals surface area contributed by atoms with Crippen molar-refractivity contribution in [1.29, 1.82) is 0 Å². The van der Waals surface area contributed by atoms with E-state index in [2.05, 4.69) is 27.7 Å². The highest BCUT2D eigenvalue weighted by atomic mass is 16.6. The van der Waals surface area contributed by atoms with Crippen LogP contribution in [0.4, 0.5) is 0 Å². The van der Waals surface area contributed by atoms with Gasteiger partial charge in [0.05, 0.1) is 27.8 Å². The normalized spacial score (nSPS) is 42.1. The van der Waals surface area contributed by atoms with E-state index in [0.717, 1.165) is 69.1 Å². The summed E-state index contributed by atoms with van der Waals surface area (Å²) in [4.78, 5) is 49.0. The zero-order valence-corrected chi connectivity index (χ0v) is 38.9. The lowest BCUT2D eigenvalue weighted by molar-refractivity contribution is -0.225. The summed E-state index contributed by atoms with van der Waals surface area (Å²) >= 11 is 0. The van der Waals surface area contributed by atoms with Gasteiger partial charge in [-0.1, -0.05) is 27.7 Å². The SMILES string of the molecule is CCC(C)(C)C(=O)OC(C)(C)C12CC3CC(CC(C3)C1)C2.CCC(C)(C)C(=O)OC12CC3CC(CC(O)(C3)C1)C2.CCC(C)(C)C(=O)OC1C2CC3C1OC(=O)C3C2C. The highest BCUT2D eigenvalue weighted by molar-refractivity contribution is 5.79. The summed E-state index contributed by atoms with van der Waals surface area (Å²) in [5.74, 6) is 4.35. The molecule has 1 saturated heterocycles. The van der Waals surface area contributed by atoms with E-state index >= 15 is 0 Å². The first-order valence-corrected chi connectivity index (χ1v) is 23.9. The Morgan fingerprint density at radius 1 is 0.661 bits per heavy atom. The second-order valence-corrected chi connectivity index (χ2v) is 24.3. The number of hydrogen-bond donors (Lipinski definition) is 1. The fourth-order valence-electron chi connectivity index (χ4n) is 14.1. The van der Waals surface area contributed by atoms with E-state index in [-0.39, 0.29) is 75.9 Å². The van der Waals surface area contributed by atoms with Crippen molar-refractivity contribution in [2.45, 2.75) is 215 Å². The first kappa shape index (κ1) is 44.9. The first-order valence-electron chi connectivity index (χ1n) is 23.9. The van der Waals surface area contributed by atoms with Gasteiger partial charge in [0, 0.05) is 23.7 Å². The van der Waals surface area contributed by atoms with Gasteiger partial charge in [0.1, 0.15) is 23.4 Å². The van der Waals surface area contributed by atoms with Crippen LogP contribution in [-0.2, 0) is 38.1 Å². The molecule has 9 heteroatoms. The van der Waals surface area contributed by atoms with Crippen LogP contribution in [-0.4, -0.2) is 58.0 Å². The third-order valence-electron chi connectivity index (χ3n) is 18.4. The van der Waals surface area contributed by atoms with E-state index in [1.807, 2.05) is 55.4 Å². The van der Waals surface area contributed by atoms with Crippen molar-refractivity contribution in [2.75, 3.05) is 0 Å². The molecule has 59 heavy (non-hydrogen) atoms. The van der Waals surface area contributed by atoms with Crippen molar-refractivity contribution in [3.8, 4) is 0 Å². The number of carbonyl (C=O) groups excluding carboxylic acids is 4. The average Bonchev–Trinajstić information content (AvgIpc) is 3.74. The van der Waals surface area contributed by atoms with Crippen LogP contribution in [0, 0.1) is 74.9 Å². The van der Waals surface area contributed by atoms with Crippen molar-refractivity contribution in [3.63, 3.8) is 0 Å². The molecule has 334 valence electrons. The third-order valence-corrected chi connectivity index (χ3v) is 18.4. The fourth-order valence-corrected chi connectivity index (χ4v) is 14.1. The topological polar surface area (TPSA) is 125 Å². The van der Waals surface area contributed by atoms with Crippen LogP contribution in [0.25, 0.3) is 0 Å². The summed E-state index contributed by atoms with van der Waals surface area (Å²) in [5.41, 5.74) is -2.21. The number of carbonyl (C=O) groups is 4. The van der Waals surface area contributed by atoms with Gasteiger partial charge >= 0.3 is 23.9 Å². The number of aliphatic hydroxyl groups is 1. The first-order chi connectivity index (χ1) is 27.3. The van der Waals surface area contributed by atoms with Crippen LogP contribution in [0.15, 0.2) is 0 Å². The summed E-state index contributed by atoms with van der Waals surface area (Å²) in [6.07, 6.45) is 16.7. The molecule has 10 saturated carbocycles. The molecule has 11 fully saturated rings. The summed E-state index contributed by atoms with van der Waals surface area (Å²) in [6.45, 7) is 24.2. The quantitative estimate of drug-likeness (QED) is 0.169. The molecule has 0 aromatic carbocycles. The van der Waals surface area contributed by atoms with Crippen molar-refractivity contribution in [3.05, 3.63) is 0 Å². The molecule has 8 atom stereocenters. The van der Waals surface area contributed by atoms with E-state index in [0.29, 0.717) is 24.2 Å². The van der Waals surface area contributed by atoms with E-state index < -0.39 is 16.4 Å². The molecule has 0 aromatic rings. The lowest BCUT2D eigenvalue weighted by Crippen LogP contribution is -2.61. The van der Waals surface area contributed by atoms with Gasteiger partial charge in [0.15, 0.2) is 0 Å². The van der Waals surface area contributed by atoms with Crippen molar-refractivity contribution >= 4 is 23.9 Å². The largest absolute Gasteiger partial charge is 0.459 e. The molecule has 11 aliphatic rings. The zero-order chi connectivity index (χ0) is 43.3. The van der Waals surface area contributed by atoms with E-state index in [1.165, 1.54) is 44.9 Å². The lowest BCUT2D eigenvalue weighted by atomic mass is 9.46. The summed E-state index contributed by atoms with van der Waals surface area (Å²) in [6, 6.07) is 0. The average molecular weight is 825 g/mol. The molecule has 9 nitrogen and oxygen atoms in total. The highest BCUT2D eigenvalue weighted by Crippen LogP contribution is 2.65. The molecular weight excluding hydrogens is 745 g/mol. The molecular formula is C50H80O9. The van der Waals surface area contributed by atoms with Crippen LogP contribution in [0.3, 0.4) is 0 Å². The molecule has 1 N–H and O–H groups in total. The van der Waals surface area contributed by atoms with Crippen molar-refractivity contribution < 1.29 is 43.2 Å². The van der Waals surface area contributed by atoms with Crippen LogP contribution in [0.1, 0.15) is 186 Å². The monoisotopic (exact) mass is 825 g/mol. The maximum atomic E-state index is 12.6. The van der Waals surface area contributed by atoms with Gasteiger partial charge < -0.3 is 24.1 Å². The second kappa shape index (κ2) is 15.3. The number of fused-ring (bicyclic) bond motifs is 1. The minimum atomic E-state index is -0.555. The van der Waals surface area contributed by atoms with Gasteiger partial charge in [-0.2, -0.15) is 0 Å². The Kier molecular flexibility index (Phi) is 11.6. The predicted molar refractivity (Wildman–Crippen MR) is 225 cm³/mol. The summed E-state index contributed by atoms with van der Waals surface area (Å²) in [7, 11) is 0. The van der Waals surface area contributed by atoms with Gasteiger partial charge in [-0.25, -0.2) is 0 Å². The van der Waals surface area contributed by atoms with Gasteiger partial charge in [-0.15, -0.1) is 0 Å². The molecule has 0 radical (unpaired) electrons. The Balaban J connectivity index is 0.000000134. The molecule has 0 amide bonds. The molecule has 0 aromatic heterocycles. The molecule has 8 unspecified atom stereocenters. The van der Waals surface area contributed by atoms with Crippen LogP contribution in [0.2, 0.25) is 0 Å². The maximum absolute atomic E-state index is 12.6. The minimum Gasteiger partial charge on any atom is -0.459 e. The summed E-state index contributed by atoms with van der Waals surface area (Å²) in [5, 5.41) is 10.6. The van der Waals surface area contributed by atoms with E-state index in [9.17, 15) is 24.3 Å². The van der Waals surface area contributed by atoms with Gasteiger partial charge in [0.2, 0.25) is 0 Å². The number of esters is 4. The molecule has 11 rings (SSSR count). The zero-order valence-electron chi connectivity index (χ0n) is 38.9. The van der Waals surface area contributed by atoms with Gasteiger partial charge in [0.25, 0.3) is 0 Å². The van der Waals surface area contributed by atoms with E-state index in [4.69, 9.17) is 18.9 Å². The second-order valence-electron chi connectivity index (χ2n) is 24.3. The minimum absolute atomic E-state index is 0.00857. The third kappa shape index (κ3) is 8.16. The molecule has 0 spiro atoms. The number of hydrogen-bond acceptors (Lipinski definition) is 9. The number of ether oxygens (including phenoxy) is 4. The van der Waals surface area contributed by atoms with Crippen LogP contribution in [0.5, 0.6) is 0 Å². The van der Waals surface area contributed by atoms with Gasteiger partial charge in [-0.05, 0) is 187 Å². The van der Waals surface area contributed by atoms with Crippen molar-refractivity contribution in [2.24, 2.45) is 74.9 Å². The molecule has 1 aliphatic heterocycles. The molecule has 10 aliphatic carbocycles. The Hall–Kier alpha value is -2.16. The Morgan fingerprint density at radius 2 is 1.14 bits per heavy atom. The maximum Gasteiger partial charge on any atom is 0.312 e. The van der Waals surface area contributed by atoms with Crippen LogP contribution < -0.4 is 0 Å². The Bertz CT molecular complexity index is 1590. The number of rotatable bonds is 10.